The summed E-state index contributed by atoms with van der Waals surface area (Å²) in [6.07, 6.45) is 1.04. The molecule has 2 unspecified atom stereocenters. The minimum Gasteiger partial charge on any atom is -0.356 e. The number of benzene rings is 1. The molecule has 3 heteroatoms. The minimum absolute atomic E-state index is 0.0586. The second-order valence-corrected chi connectivity index (χ2v) is 6.20. The van der Waals surface area contributed by atoms with Crippen LogP contribution in [0.5, 0.6) is 0 Å². The van der Waals surface area contributed by atoms with Gasteiger partial charge in [-0.25, -0.2) is 0 Å². The lowest BCUT2D eigenvalue weighted by Crippen LogP contribution is -2.35. The Kier molecular flexibility index (Phi) is 5.18. The molecule has 20 heavy (non-hydrogen) atoms. The van der Waals surface area contributed by atoms with Crippen molar-refractivity contribution < 1.29 is 4.79 Å². The Morgan fingerprint density at radius 3 is 2.80 bits per heavy atom. The van der Waals surface area contributed by atoms with E-state index in [0.717, 1.165) is 26.1 Å². The smallest absolute Gasteiger partial charge is 0.225 e. The van der Waals surface area contributed by atoms with E-state index < -0.39 is 0 Å². The number of hydrogen-bond acceptors (Lipinski definition) is 2. The number of nitrogens with one attached hydrogen (secondary N) is 2. The van der Waals surface area contributed by atoms with Gasteiger partial charge in [-0.05, 0) is 30.4 Å². The van der Waals surface area contributed by atoms with Gasteiger partial charge in [0.1, 0.15) is 0 Å². The molecule has 0 aromatic heterocycles. The van der Waals surface area contributed by atoms with Gasteiger partial charge >= 0.3 is 0 Å². The van der Waals surface area contributed by atoms with Crippen molar-refractivity contribution in [2.24, 2.45) is 11.8 Å². The average molecular weight is 274 g/mol. The summed E-state index contributed by atoms with van der Waals surface area (Å²) in [6.45, 7) is 8.95. The highest BCUT2D eigenvalue weighted by Crippen LogP contribution is 2.30. The summed E-state index contributed by atoms with van der Waals surface area (Å²) < 4.78 is 0. The van der Waals surface area contributed by atoms with Crippen LogP contribution >= 0.6 is 0 Å². The maximum absolute atomic E-state index is 12.4. The molecule has 1 aliphatic rings. The van der Waals surface area contributed by atoms with E-state index in [4.69, 9.17) is 0 Å². The van der Waals surface area contributed by atoms with E-state index in [1.54, 1.807) is 0 Å². The van der Waals surface area contributed by atoms with Crippen molar-refractivity contribution in [3.05, 3.63) is 35.4 Å². The second kappa shape index (κ2) is 6.89. The molecule has 1 aliphatic heterocycles. The molecule has 1 aromatic rings. The first-order valence-corrected chi connectivity index (χ1v) is 7.63. The molecule has 1 heterocycles. The summed E-state index contributed by atoms with van der Waals surface area (Å²) in [7, 11) is 0. The molecule has 2 atom stereocenters. The van der Waals surface area contributed by atoms with Crippen LogP contribution in [0.15, 0.2) is 24.3 Å². The number of carbonyl (C=O) groups excluding carboxylic acids is 1. The van der Waals surface area contributed by atoms with Gasteiger partial charge in [-0.3, -0.25) is 4.79 Å². The van der Waals surface area contributed by atoms with Crippen molar-refractivity contribution in [1.82, 2.24) is 10.6 Å². The van der Waals surface area contributed by atoms with Gasteiger partial charge in [-0.1, -0.05) is 38.1 Å². The van der Waals surface area contributed by atoms with Crippen molar-refractivity contribution in [1.29, 1.82) is 0 Å². The fraction of sp³-hybridized carbons (Fsp3) is 0.588. The molecule has 1 amide bonds. The van der Waals surface area contributed by atoms with Crippen LogP contribution in [-0.4, -0.2) is 25.5 Å². The normalized spacial score (nSPS) is 22.2. The molecule has 2 N–H and O–H groups in total. The van der Waals surface area contributed by atoms with Crippen LogP contribution in [0, 0.1) is 18.8 Å². The number of rotatable bonds is 5. The Bertz CT molecular complexity index is 456. The molecule has 0 aliphatic carbocycles. The first-order chi connectivity index (χ1) is 9.59. The molecule has 0 bridgehead atoms. The van der Waals surface area contributed by atoms with Crippen molar-refractivity contribution in [3.63, 3.8) is 0 Å². The molecule has 1 fully saturated rings. The van der Waals surface area contributed by atoms with Gasteiger partial charge in [-0.2, -0.15) is 0 Å². The van der Waals surface area contributed by atoms with Gasteiger partial charge in [0.2, 0.25) is 5.91 Å². The predicted molar refractivity (Wildman–Crippen MR) is 82.7 cm³/mol. The van der Waals surface area contributed by atoms with Crippen LogP contribution in [-0.2, 0) is 4.79 Å². The van der Waals surface area contributed by atoms with Crippen LogP contribution in [0.25, 0.3) is 0 Å². The van der Waals surface area contributed by atoms with E-state index in [2.05, 4.69) is 55.7 Å². The van der Waals surface area contributed by atoms with E-state index >= 15 is 0 Å². The van der Waals surface area contributed by atoms with Gasteiger partial charge in [-0.15, -0.1) is 0 Å². The van der Waals surface area contributed by atoms with Crippen LogP contribution in [0.3, 0.4) is 0 Å². The van der Waals surface area contributed by atoms with Crippen LogP contribution in [0.2, 0.25) is 0 Å². The zero-order chi connectivity index (χ0) is 14.5. The van der Waals surface area contributed by atoms with E-state index in [-0.39, 0.29) is 11.8 Å². The Morgan fingerprint density at radius 2 is 2.10 bits per heavy atom. The Labute approximate surface area is 122 Å². The van der Waals surface area contributed by atoms with E-state index in [1.807, 2.05) is 0 Å². The van der Waals surface area contributed by atoms with Crippen LogP contribution < -0.4 is 10.6 Å². The Hall–Kier alpha value is -1.35. The highest BCUT2D eigenvalue weighted by molar-refractivity contribution is 5.80. The van der Waals surface area contributed by atoms with Crippen molar-refractivity contribution in [3.8, 4) is 0 Å². The molecule has 0 saturated carbocycles. The average Bonchev–Trinajstić information content (AvgIpc) is 2.87. The lowest BCUT2D eigenvalue weighted by Gasteiger charge is -2.20. The molecule has 0 spiro atoms. The maximum Gasteiger partial charge on any atom is 0.225 e. The lowest BCUT2D eigenvalue weighted by atomic mass is 9.86. The Balaban J connectivity index is 2.00. The topological polar surface area (TPSA) is 41.1 Å². The first kappa shape index (κ1) is 15.0. The molecule has 110 valence electrons. The third kappa shape index (κ3) is 3.60. The minimum atomic E-state index is 0.0586. The first-order valence-electron chi connectivity index (χ1n) is 7.63. The highest BCUT2D eigenvalue weighted by Gasteiger charge is 2.34. The monoisotopic (exact) mass is 274 g/mol. The summed E-state index contributed by atoms with van der Waals surface area (Å²) >= 11 is 0. The molecule has 2 rings (SSSR count). The fourth-order valence-corrected chi connectivity index (χ4v) is 2.90. The van der Waals surface area contributed by atoms with Crippen LogP contribution in [0.1, 0.15) is 37.3 Å². The van der Waals surface area contributed by atoms with Crippen LogP contribution in [0.4, 0.5) is 0 Å². The number of amides is 1. The third-order valence-corrected chi connectivity index (χ3v) is 4.16. The van der Waals surface area contributed by atoms with Crippen molar-refractivity contribution >= 4 is 5.91 Å². The van der Waals surface area contributed by atoms with E-state index in [9.17, 15) is 4.79 Å². The Morgan fingerprint density at radius 1 is 1.35 bits per heavy atom. The second-order valence-electron chi connectivity index (χ2n) is 6.20. The summed E-state index contributed by atoms with van der Waals surface area (Å²) in [5.74, 6) is 1.19. The van der Waals surface area contributed by atoms with Gasteiger partial charge < -0.3 is 10.6 Å². The molecular formula is C17H26N2O. The van der Waals surface area contributed by atoms with Gasteiger partial charge in [0.05, 0.1) is 5.92 Å². The van der Waals surface area contributed by atoms with Crippen molar-refractivity contribution in [2.75, 3.05) is 19.6 Å². The largest absolute Gasteiger partial charge is 0.356 e. The molecular weight excluding hydrogens is 248 g/mol. The quantitative estimate of drug-likeness (QED) is 0.866. The molecule has 1 saturated heterocycles. The number of carbonyl (C=O) groups is 1. The standard InChI is InChI=1S/C17H26N2O/c1-12(2)8-9-19-17(20)16-11-18-10-15(16)14-7-5-4-6-13(14)3/h4-7,12,15-16,18H,8-11H2,1-3H3,(H,19,20). The maximum atomic E-state index is 12.4. The predicted octanol–water partition coefficient (Wildman–Crippen LogP) is 2.46. The van der Waals surface area contributed by atoms with Crippen molar-refractivity contribution in [2.45, 2.75) is 33.1 Å². The number of aryl methyl sites for hydroxylation is 1. The molecule has 3 nitrogen and oxygen atoms in total. The van der Waals surface area contributed by atoms with Gasteiger partial charge in [0, 0.05) is 25.6 Å². The summed E-state index contributed by atoms with van der Waals surface area (Å²) in [6, 6.07) is 8.40. The third-order valence-electron chi connectivity index (χ3n) is 4.16. The van der Waals surface area contributed by atoms with E-state index in [0.29, 0.717) is 11.8 Å². The zero-order valence-electron chi connectivity index (χ0n) is 12.8. The van der Waals surface area contributed by atoms with Gasteiger partial charge in [0.25, 0.3) is 0 Å². The van der Waals surface area contributed by atoms with E-state index in [1.165, 1.54) is 11.1 Å². The fourth-order valence-electron chi connectivity index (χ4n) is 2.90. The SMILES string of the molecule is Cc1ccccc1C1CNCC1C(=O)NCCC(C)C. The van der Waals surface area contributed by atoms with Gasteiger partial charge in [0.15, 0.2) is 0 Å². The molecule has 0 radical (unpaired) electrons. The highest BCUT2D eigenvalue weighted by atomic mass is 16.1. The summed E-state index contributed by atoms with van der Waals surface area (Å²) in [5.41, 5.74) is 2.59. The molecule has 1 aromatic carbocycles. The summed E-state index contributed by atoms with van der Waals surface area (Å²) in [4.78, 5) is 12.4. The lowest BCUT2D eigenvalue weighted by molar-refractivity contribution is -0.124. The summed E-state index contributed by atoms with van der Waals surface area (Å²) in [5, 5.41) is 6.46. The number of hydrogen-bond donors (Lipinski definition) is 2. The zero-order valence-corrected chi connectivity index (χ0v) is 12.8.